The summed E-state index contributed by atoms with van der Waals surface area (Å²) in [5.74, 6) is 1.62. The van der Waals surface area contributed by atoms with Gasteiger partial charge in [-0.25, -0.2) is 4.98 Å². The Balaban J connectivity index is 1.82. The maximum absolute atomic E-state index is 12.0. The van der Waals surface area contributed by atoms with Crippen molar-refractivity contribution in [2.75, 3.05) is 0 Å². The maximum Gasteiger partial charge on any atom is 0.220 e. The average Bonchev–Trinajstić information content (AvgIpc) is 2.91. The van der Waals surface area contributed by atoms with Gasteiger partial charge in [-0.2, -0.15) is 0 Å². The predicted octanol–water partition coefficient (Wildman–Crippen LogP) is 2.95. The number of hydrogen-bond donors (Lipinski definition) is 2. The van der Waals surface area contributed by atoms with Crippen LogP contribution in [0.4, 0.5) is 0 Å². The lowest BCUT2D eigenvalue weighted by molar-refractivity contribution is -0.123. The Morgan fingerprint density at radius 1 is 1.50 bits per heavy atom. The van der Waals surface area contributed by atoms with E-state index in [1.807, 2.05) is 0 Å². The minimum atomic E-state index is 0.0242. The molecule has 1 aliphatic carbocycles. The topological polar surface area (TPSA) is 57.8 Å². The van der Waals surface area contributed by atoms with Crippen molar-refractivity contribution in [2.24, 2.45) is 5.92 Å². The first-order chi connectivity index (χ1) is 8.79. The molecule has 100 valence electrons. The van der Waals surface area contributed by atoms with Gasteiger partial charge in [-0.1, -0.05) is 26.2 Å². The standard InChI is InChI=1S/C14H23N3O/c1-2-12(14-15-8-9-16-14)17-13(18)10-11-6-4-3-5-7-11/h8-9,11-12H,2-7,10H2,1H3,(H,15,16)(H,17,18). The van der Waals surface area contributed by atoms with Crippen LogP contribution in [0.1, 0.15) is 63.7 Å². The van der Waals surface area contributed by atoms with Crippen molar-refractivity contribution < 1.29 is 4.79 Å². The SMILES string of the molecule is CCC(NC(=O)CC1CCCCC1)c1ncc[nH]1. The molecule has 0 saturated heterocycles. The Morgan fingerprint density at radius 2 is 2.28 bits per heavy atom. The van der Waals surface area contributed by atoms with E-state index in [2.05, 4.69) is 22.2 Å². The van der Waals surface area contributed by atoms with E-state index >= 15 is 0 Å². The van der Waals surface area contributed by atoms with Gasteiger partial charge in [0.1, 0.15) is 5.82 Å². The van der Waals surface area contributed by atoms with E-state index in [4.69, 9.17) is 0 Å². The second-order valence-corrected chi connectivity index (χ2v) is 5.21. The van der Waals surface area contributed by atoms with Gasteiger partial charge in [-0.15, -0.1) is 0 Å². The molecule has 1 aliphatic rings. The molecular formula is C14H23N3O. The molecule has 1 aromatic heterocycles. The summed E-state index contributed by atoms with van der Waals surface area (Å²) in [4.78, 5) is 19.3. The first-order valence-electron chi connectivity index (χ1n) is 7.08. The Kier molecular flexibility index (Phi) is 4.79. The molecule has 2 rings (SSSR count). The third-order valence-corrected chi connectivity index (χ3v) is 3.79. The fraction of sp³-hybridized carbons (Fsp3) is 0.714. The number of rotatable bonds is 5. The molecule has 0 aromatic carbocycles. The summed E-state index contributed by atoms with van der Waals surface area (Å²) in [6.07, 6.45) is 11.4. The molecule has 1 amide bonds. The van der Waals surface area contributed by atoms with Crippen molar-refractivity contribution in [3.05, 3.63) is 18.2 Å². The number of hydrogen-bond acceptors (Lipinski definition) is 2. The van der Waals surface area contributed by atoms with Gasteiger partial charge in [-0.3, -0.25) is 4.79 Å². The predicted molar refractivity (Wildman–Crippen MR) is 71.0 cm³/mol. The summed E-state index contributed by atoms with van der Waals surface area (Å²) < 4.78 is 0. The number of aromatic amines is 1. The van der Waals surface area contributed by atoms with Gasteiger partial charge in [0.25, 0.3) is 0 Å². The summed E-state index contributed by atoms with van der Waals surface area (Å²) in [6, 6.07) is 0.0242. The molecule has 4 heteroatoms. The number of carbonyl (C=O) groups excluding carboxylic acids is 1. The van der Waals surface area contributed by atoms with Crippen LogP contribution in [-0.4, -0.2) is 15.9 Å². The van der Waals surface area contributed by atoms with Crippen LogP contribution in [0.2, 0.25) is 0 Å². The average molecular weight is 249 g/mol. The zero-order valence-corrected chi connectivity index (χ0v) is 11.1. The number of carbonyl (C=O) groups is 1. The summed E-state index contributed by atoms with van der Waals surface area (Å²) in [7, 11) is 0. The highest BCUT2D eigenvalue weighted by atomic mass is 16.1. The van der Waals surface area contributed by atoms with E-state index in [0.717, 1.165) is 12.2 Å². The van der Waals surface area contributed by atoms with Crippen LogP contribution < -0.4 is 5.32 Å². The molecule has 1 atom stereocenters. The van der Waals surface area contributed by atoms with Gasteiger partial charge in [0, 0.05) is 18.8 Å². The molecule has 1 saturated carbocycles. The van der Waals surface area contributed by atoms with Crippen molar-refractivity contribution in [1.82, 2.24) is 15.3 Å². The van der Waals surface area contributed by atoms with E-state index in [0.29, 0.717) is 12.3 Å². The van der Waals surface area contributed by atoms with Crippen molar-refractivity contribution in [3.63, 3.8) is 0 Å². The molecule has 1 fully saturated rings. The number of nitrogens with one attached hydrogen (secondary N) is 2. The fourth-order valence-corrected chi connectivity index (χ4v) is 2.74. The van der Waals surface area contributed by atoms with Crippen LogP contribution in [0.3, 0.4) is 0 Å². The lowest BCUT2D eigenvalue weighted by Gasteiger charge is -2.22. The fourth-order valence-electron chi connectivity index (χ4n) is 2.74. The number of H-pyrrole nitrogens is 1. The molecule has 1 unspecified atom stereocenters. The quantitative estimate of drug-likeness (QED) is 0.843. The van der Waals surface area contributed by atoms with Gasteiger partial charge in [0.2, 0.25) is 5.91 Å². The smallest absolute Gasteiger partial charge is 0.220 e. The van der Waals surface area contributed by atoms with Crippen molar-refractivity contribution in [1.29, 1.82) is 0 Å². The summed E-state index contributed by atoms with van der Waals surface area (Å²) in [5, 5.41) is 3.08. The summed E-state index contributed by atoms with van der Waals surface area (Å²) >= 11 is 0. The number of imidazole rings is 1. The Labute approximate surface area is 109 Å². The molecular weight excluding hydrogens is 226 g/mol. The van der Waals surface area contributed by atoms with Gasteiger partial charge in [0.15, 0.2) is 0 Å². The highest BCUT2D eigenvalue weighted by molar-refractivity contribution is 5.76. The van der Waals surface area contributed by atoms with Crippen molar-refractivity contribution in [3.8, 4) is 0 Å². The lowest BCUT2D eigenvalue weighted by atomic mass is 9.87. The lowest BCUT2D eigenvalue weighted by Crippen LogP contribution is -2.30. The number of amides is 1. The van der Waals surface area contributed by atoms with E-state index in [1.165, 1.54) is 32.1 Å². The van der Waals surface area contributed by atoms with Crippen LogP contribution >= 0.6 is 0 Å². The van der Waals surface area contributed by atoms with Crippen LogP contribution in [-0.2, 0) is 4.79 Å². The molecule has 2 N–H and O–H groups in total. The molecule has 18 heavy (non-hydrogen) atoms. The molecule has 1 aromatic rings. The minimum Gasteiger partial charge on any atom is -0.347 e. The third kappa shape index (κ3) is 3.59. The van der Waals surface area contributed by atoms with Crippen LogP contribution in [0.5, 0.6) is 0 Å². The van der Waals surface area contributed by atoms with E-state index in [9.17, 15) is 4.79 Å². The van der Waals surface area contributed by atoms with Gasteiger partial charge >= 0.3 is 0 Å². The molecule has 0 radical (unpaired) electrons. The molecule has 4 nitrogen and oxygen atoms in total. The van der Waals surface area contributed by atoms with Crippen LogP contribution in [0, 0.1) is 5.92 Å². The molecule has 0 spiro atoms. The van der Waals surface area contributed by atoms with E-state index < -0.39 is 0 Å². The molecule has 0 bridgehead atoms. The Morgan fingerprint density at radius 3 is 2.89 bits per heavy atom. The molecule has 0 aliphatic heterocycles. The number of aromatic nitrogens is 2. The number of nitrogens with zero attached hydrogens (tertiary/aromatic N) is 1. The van der Waals surface area contributed by atoms with Crippen LogP contribution in [0.15, 0.2) is 12.4 Å². The third-order valence-electron chi connectivity index (χ3n) is 3.79. The van der Waals surface area contributed by atoms with Crippen molar-refractivity contribution in [2.45, 2.75) is 57.9 Å². The minimum absolute atomic E-state index is 0.0242. The van der Waals surface area contributed by atoms with Crippen molar-refractivity contribution >= 4 is 5.91 Å². The Bertz CT molecular complexity index is 355. The Hall–Kier alpha value is -1.32. The van der Waals surface area contributed by atoms with Crippen LogP contribution in [0.25, 0.3) is 0 Å². The monoisotopic (exact) mass is 249 g/mol. The van der Waals surface area contributed by atoms with Gasteiger partial charge in [0.05, 0.1) is 6.04 Å². The second-order valence-electron chi connectivity index (χ2n) is 5.21. The van der Waals surface area contributed by atoms with Gasteiger partial charge in [-0.05, 0) is 25.2 Å². The molecule has 1 heterocycles. The summed E-state index contributed by atoms with van der Waals surface area (Å²) in [5.41, 5.74) is 0. The highest BCUT2D eigenvalue weighted by Gasteiger charge is 2.20. The highest BCUT2D eigenvalue weighted by Crippen LogP contribution is 2.26. The maximum atomic E-state index is 12.0. The first-order valence-corrected chi connectivity index (χ1v) is 7.08. The second kappa shape index (κ2) is 6.57. The zero-order valence-electron chi connectivity index (χ0n) is 11.1. The summed E-state index contributed by atoms with van der Waals surface area (Å²) in [6.45, 7) is 2.06. The van der Waals surface area contributed by atoms with Gasteiger partial charge < -0.3 is 10.3 Å². The van der Waals surface area contributed by atoms with E-state index in [1.54, 1.807) is 12.4 Å². The first kappa shape index (κ1) is 13.1. The zero-order chi connectivity index (χ0) is 12.8. The normalized spacial score (nSPS) is 18.5. The largest absolute Gasteiger partial charge is 0.347 e. The van der Waals surface area contributed by atoms with E-state index in [-0.39, 0.29) is 11.9 Å².